The molecule has 0 aromatic heterocycles. The van der Waals surface area contributed by atoms with Gasteiger partial charge in [-0.25, -0.2) is 0 Å². The third-order valence-corrected chi connectivity index (χ3v) is 3.67. The van der Waals surface area contributed by atoms with Crippen molar-refractivity contribution in [2.45, 2.75) is 26.4 Å². The number of hydrogen-bond acceptors (Lipinski definition) is 4. The van der Waals surface area contributed by atoms with E-state index in [2.05, 4.69) is 49.3 Å². The Morgan fingerprint density at radius 2 is 2.05 bits per heavy atom. The standard InChI is InChI=1S/C17H28N2O2/c1-14-9-15(2)11-16(10-14)20-7-4-6-19(3)13-17-12-18-5-8-21-17/h9-11,17-18H,4-8,12-13H2,1-3H3. The van der Waals surface area contributed by atoms with E-state index in [4.69, 9.17) is 9.47 Å². The highest BCUT2D eigenvalue weighted by molar-refractivity contribution is 5.32. The number of aryl methyl sites for hydroxylation is 2. The Morgan fingerprint density at radius 1 is 1.29 bits per heavy atom. The van der Waals surface area contributed by atoms with E-state index in [9.17, 15) is 0 Å². The highest BCUT2D eigenvalue weighted by atomic mass is 16.5. The van der Waals surface area contributed by atoms with Crippen LogP contribution < -0.4 is 10.1 Å². The van der Waals surface area contributed by atoms with E-state index in [1.165, 1.54) is 11.1 Å². The maximum Gasteiger partial charge on any atom is 0.119 e. The molecular weight excluding hydrogens is 264 g/mol. The molecule has 1 fully saturated rings. The second-order valence-corrected chi connectivity index (χ2v) is 5.98. The van der Waals surface area contributed by atoms with Gasteiger partial charge < -0.3 is 19.7 Å². The number of rotatable bonds is 7. The lowest BCUT2D eigenvalue weighted by atomic mass is 10.1. The van der Waals surface area contributed by atoms with Gasteiger partial charge in [0.15, 0.2) is 0 Å². The van der Waals surface area contributed by atoms with Crippen molar-refractivity contribution in [1.29, 1.82) is 0 Å². The minimum absolute atomic E-state index is 0.323. The molecule has 21 heavy (non-hydrogen) atoms. The number of likely N-dealkylation sites (N-methyl/N-ethyl adjacent to an activating group) is 1. The number of nitrogens with zero attached hydrogens (tertiary/aromatic N) is 1. The second kappa shape index (κ2) is 8.37. The fraction of sp³-hybridized carbons (Fsp3) is 0.647. The summed E-state index contributed by atoms with van der Waals surface area (Å²) in [6.07, 6.45) is 1.35. The van der Waals surface area contributed by atoms with Crippen LogP contribution in [0.3, 0.4) is 0 Å². The molecule has 1 N–H and O–H groups in total. The van der Waals surface area contributed by atoms with Gasteiger partial charge in [0.05, 0.1) is 19.3 Å². The summed E-state index contributed by atoms with van der Waals surface area (Å²) in [5, 5.41) is 3.36. The Hall–Kier alpha value is -1.10. The van der Waals surface area contributed by atoms with Crippen LogP contribution in [0.15, 0.2) is 18.2 Å². The third kappa shape index (κ3) is 6.04. The van der Waals surface area contributed by atoms with Crippen molar-refractivity contribution in [2.75, 3.05) is 46.4 Å². The normalized spacial score (nSPS) is 19.0. The fourth-order valence-electron chi connectivity index (χ4n) is 2.72. The van der Waals surface area contributed by atoms with Crippen molar-refractivity contribution >= 4 is 0 Å². The summed E-state index contributed by atoms with van der Waals surface area (Å²) in [6.45, 7) is 9.75. The molecule has 0 saturated carbocycles. The summed E-state index contributed by atoms with van der Waals surface area (Å²) in [5.74, 6) is 0.981. The first-order valence-electron chi connectivity index (χ1n) is 7.85. The van der Waals surface area contributed by atoms with Crippen molar-refractivity contribution in [3.05, 3.63) is 29.3 Å². The molecule has 1 unspecified atom stereocenters. The van der Waals surface area contributed by atoms with E-state index in [1.807, 2.05) is 0 Å². The smallest absolute Gasteiger partial charge is 0.119 e. The van der Waals surface area contributed by atoms with E-state index >= 15 is 0 Å². The van der Waals surface area contributed by atoms with Gasteiger partial charge in [-0.2, -0.15) is 0 Å². The third-order valence-electron chi connectivity index (χ3n) is 3.67. The molecule has 0 amide bonds. The van der Waals surface area contributed by atoms with Gasteiger partial charge in [0.1, 0.15) is 5.75 Å². The summed E-state index contributed by atoms with van der Waals surface area (Å²) in [7, 11) is 2.15. The van der Waals surface area contributed by atoms with Crippen molar-refractivity contribution in [2.24, 2.45) is 0 Å². The molecule has 1 aliphatic rings. The fourth-order valence-corrected chi connectivity index (χ4v) is 2.72. The number of nitrogens with one attached hydrogen (secondary N) is 1. The Balaban J connectivity index is 1.62. The van der Waals surface area contributed by atoms with Gasteiger partial charge in [0.25, 0.3) is 0 Å². The Morgan fingerprint density at radius 3 is 2.71 bits per heavy atom. The zero-order valence-corrected chi connectivity index (χ0v) is 13.5. The summed E-state index contributed by atoms with van der Waals surface area (Å²) >= 11 is 0. The number of hydrogen-bond donors (Lipinski definition) is 1. The largest absolute Gasteiger partial charge is 0.494 e. The molecule has 1 aliphatic heterocycles. The van der Waals surface area contributed by atoms with Crippen LogP contribution in [0.1, 0.15) is 17.5 Å². The first kappa shape index (κ1) is 16.3. The van der Waals surface area contributed by atoms with Crippen LogP contribution in [0, 0.1) is 13.8 Å². The molecule has 1 aromatic carbocycles. The van der Waals surface area contributed by atoms with E-state index < -0.39 is 0 Å². The van der Waals surface area contributed by atoms with Gasteiger partial charge in [-0.1, -0.05) is 6.07 Å². The lowest BCUT2D eigenvalue weighted by molar-refractivity contribution is 0.00950. The van der Waals surface area contributed by atoms with Crippen LogP contribution in [0.5, 0.6) is 5.75 Å². The van der Waals surface area contributed by atoms with Crippen LogP contribution in [-0.2, 0) is 4.74 Å². The van der Waals surface area contributed by atoms with Gasteiger partial charge in [-0.3, -0.25) is 0 Å². The van der Waals surface area contributed by atoms with E-state index in [0.29, 0.717) is 6.10 Å². The zero-order chi connectivity index (χ0) is 15.1. The molecule has 0 radical (unpaired) electrons. The molecule has 118 valence electrons. The topological polar surface area (TPSA) is 33.7 Å². The van der Waals surface area contributed by atoms with Crippen molar-refractivity contribution in [1.82, 2.24) is 10.2 Å². The summed E-state index contributed by atoms with van der Waals surface area (Å²) in [6, 6.07) is 6.36. The number of ether oxygens (including phenoxy) is 2. The van der Waals surface area contributed by atoms with E-state index in [1.54, 1.807) is 0 Å². The Kier molecular flexibility index (Phi) is 6.49. The Bertz CT molecular complexity index is 411. The van der Waals surface area contributed by atoms with Crippen LogP contribution in [0.2, 0.25) is 0 Å². The monoisotopic (exact) mass is 292 g/mol. The molecule has 0 spiro atoms. The average Bonchev–Trinajstić information content (AvgIpc) is 2.44. The molecule has 4 heteroatoms. The minimum Gasteiger partial charge on any atom is -0.494 e. The predicted molar refractivity (Wildman–Crippen MR) is 86.1 cm³/mol. The maximum atomic E-state index is 5.84. The highest BCUT2D eigenvalue weighted by Crippen LogP contribution is 2.16. The highest BCUT2D eigenvalue weighted by Gasteiger charge is 2.14. The SMILES string of the molecule is Cc1cc(C)cc(OCCCN(C)CC2CNCCO2)c1. The molecule has 1 aromatic rings. The van der Waals surface area contributed by atoms with Gasteiger partial charge >= 0.3 is 0 Å². The van der Waals surface area contributed by atoms with Gasteiger partial charge in [-0.15, -0.1) is 0 Å². The molecule has 2 rings (SSSR count). The summed E-state index contributed by atoms with van der Waals surface area (Å²) in [5.41, 5.74) is 2.51. The molecule has 1 heterocycles. The first-order chi connectivity index (χ1) is 10.1. The number of morpholine rings is 1. The lowest BCUT2D eigenvalue weighted by Gasteiger charge is -2.28. The second-order valence-electron chi connectivity index (χ2n) is 5.98. The molecular formula is C17H28N2O2. The predicted octanol–water partition coefficient (Wildman–Crippen LogP) is 1.99. The molecule has 1 saturated heterocycles. The van der Waals surface area contributed by atoms with E-state index in [0.717, 1.165) is 51.6 Å². The van der Waals surface area contributed by atoms with Crippen molar-refractivity contribution < 1.29 is 9.47 Å². The van der Waals surface area contributed by atoms with Gasteiger partial charge in [0.2, 0.25) is 0 Å². The number of benzene rings is 1. The molecule has 0 bridgehead atoms. The summed E-state index contributed by atoms with van der Waals surface area (Å²) < 4.78 is 11.6. The molecule has 1 atom stereocenters. The minimum atomic E-state index is 0.323. The van der Waals surface area contributed by atoms with Crippen molar-refractivity contribution in [3.8, 4) is 5.75 Å². The van der Waals surface area contributed by atoms with Crippen LogP contribution >= 0.6 is 0 Å². The quantitative estimate of drug-likeness (QED) is 0.779. The van der Waals surface area contributed by atoms with Gasteiger partial charge in [0, 0.05) is 26.2 Å². The lowest BCUT2D eigenvalue weighted by Crippen LogP contribution is -2.44. The maximum absolute atomic E-state index is 5.84. The molecule has 0 aliphatic carbocycles. The van der Waals surface area contributed by atoms with Crippen LogP contribution in [-0.4, -0.2) is 57.4 Å². The van der Waals surface area contributed by atoms with Crippen molar-refractivity contribution in [3.63, 3.8) is 0 Å². The zero-order valence-electron chi connectivity index (χ0n) is 13.5. The van der Waals surface area contributed by atoms with Gasteiger partial charge in [-0.05, 0) is 50.6 Å². The average molecular weight is 292 g/mol. The van der Waals surface area contributed by atoms with Crippen LogP contribution in [0.4, 0.5) is 0 Å². The van der Waals surface area contributed by atoms with E-state index in [-0.39, 0.29) is 0 Å². The molecule has 4 nitrogen and oxygen atoms in total. The van der Waals surface area contributed by atoms with Crippen LogP contribution in [0.25, 0.3) is 0 Å². The Labute approximate surface area is 128 Å². The summed E-state index contributed by atoms with van der Waals surface area (Å²) in [4.78, 5) is 2.32. The first-order valence-corrected chi connectivity index (χ1v) is 7.85.